The van der Waals surface area contributed by atoms with E-state index in [1.54, 1.807) is 12.1 Å². The van der Waals surface area contributed by atoms with Crippen molar-refractivity contribution in [3.63, 3.8) is 0 Å². The number of esters is 1. The predicted octanol–water partition coefficient (Wildman–Crippen LogP) is 2.77. The number of carbonyl (C=O) groups excluding carboxylic acids is 1. The summed E-state index contributed by atoms with van der Waals surface area (Å²) >= 11 is 0. The number of carbonyl (C=O) groups is 1. The Morgan fingerprint density at radius 1 is 1.35 bits per heavy atom. The molecule has 0 bridgehead atoms. The molecule has 0 aromatic heterocycles. The summed E-state index contributed by atoms with van der Waals surface area (Å²) < 4.78 is 5.23. The molecular weight excluding hydrogens is 254 g/mol. The van der Waals surface area contributed by atoms with Crippen LogP contribution in [-0.2, 0) is 16.0 Å². The lowest BCUT2D eigenvalue weighted by molar-refractivity contribution is -0.156. The van der Waals surface area contributed by atoms with Gasteiger partial charge in [0.2, 0.25) is 0 Å². The molecule has 3 N–H and O–H groups in total. The van der Waals surface area contributed by atoms with Crippen LogP contribution in [0.5, 0.6) is 5.75 Å². The monoisotopic (exact) mass is 279 g/mol. The Kier molecular flexibility index (Phi) is 6.02. The van der Waals surface area contributed by atoms with Crippen LogP contribution in [-0.4, -0.2) is 22.7 Å². The largest absolute Gasteiger partial charge is 0.508 e. The van der Waals surface area contributed by atoms with Crippen molar-refractivity contribution in [3.05, 3.63) is 29.8 Å². The maximum absolute atomic E-state index is 11.7. The minimum atomic E-state index is -0.557. The minimum Gasteiger partial charge on any atom is -0.508 e. The van der Waals surface area contributed by atoms with E-state index in [1.807, 2.05) is 32.9 Å². The molecule has 1 rings (SSSR count). The zero-order valence-corrected chi connectivity index (χ0v) is 12.6. The van der Waals surface area contributed by atoms with Crippen LogP contribution >= 0.6 is 0 Å². The molecule has 0 aliphatic rings. The van der Waals surface area contributed by atoms with Crippen molar-refractivity contribution in [2.45, 2.75) is 58.1 Å². The second-order valence-electron chi connectivity index (χ2n) is 6.06. The van der Waals surface area contributed by atoms with E-state index < -0.39 is 11.6 Å². The van der Waals surface area contributed by atoms with Crippen molar-refractivity contribution in [1.29, 1.82) is 0 Å². The maximum Gasteiger partial charge on any atom is 0.323 e. The van der Waals surface area contributed by atoms with Crippen LogP contribution in [0.3, 0.4) is 0 Å². The minimum absolute atomic E-state index is 0.285. The van der Waals surface area contributed by atoms with Gasteiger partial charge in [-0.25, -0.2) is 0 Å². The van der Waals surface area contributed by atoms with Gasteiger partial charge in [-0.2, -0.15) is 0 Å². The van der Waals surface area contributed by atoms with Crippen molar-refractivity contribution in [2.75, 3.05) is 0 Å². The number of benzene rings is 1. The quantitative estimate of drug-likeness (QED) is 0.620. The highest BCUT2D eigenvalue weighted by Crippen LogP contribution is 2.15. The first-order valence-corrected chi connectivity index (χ1v) is 7.04. The summed E-state index contributed by atoms with van der Waals surface area (Å²) in [5, 5.41) is 9.36. The lowest BCUT2D eigenvalue weighted by Crippen LogP contribution is -2.37. The van der Waals surface area contributed by atoms with Crippen LogP contribution in [0.15, 0.2) is 24.3 Å². The summed E-state index contributed by atoms with van der Waals surface area (Å²) in [7, 11) is 0. The van der Waals surface area contributed by atoms with E-state index in [2.05, 4.69) is 0 Å². The number of phenols is 1. The molecule has 1 unspecified atom stereocenters. The van der Waals surface area contributed by atoms with E-state index in [9.17, 15) is 9.90 Å². The Morgan fingerprint density at radius 3 is 2.65 bits per heavy atom. The summed E-state index contributed by atoms with van der Waals surface area (Å²) in [6, 6.07) is 6.67. The Balaban J connectivity index is 2.25. The van der Waals surface area contributed by atoms with Gasteiger partial charge in [0, 0.05) is 0 Å². The van der Waals surface area contributed by atoms with E-state index in [4.69, 9.17) is 10.5 Å². The van der Waals surface area contributed by atoms with Crippen molar-refractivity contribution < 1.29 is 14.6 Å². The van der Waals surface area contributed by atoms with Crippen LogP contribution in [0, 0.1) is 0 Å². The van der Waals surface area contributed by atoms with Crippen molar-refractivity contribution in [3.8, 4) is 5.75 Å². The van der Waals surface area contributed by atoms with Crippen LogP contribution in [0.2, 0.25) is 0 Å². The molecule has 0 fully saturated rings. The van der Waals surface area contributed by atoms with E-state index in [1.165, 1.54) is 0 Å². The molecule has 0 radical (unpaired) electrons. The van der Waals surface area contributed by atoms with Gasteiger partial charge in [0.1, 0.15) is 17.4 Å². The van der Waals surface area contributed by atoms with E-state index in [-0.39, 0.29) is 11.7 Å². The van der Waals surface area contributed by atoms with Gasteiger partial charge < -0.3 is 15.6 Å². The second-order valence-corrected chi connectivity index (χ2v) is 6.06. The molecular formula is C16H25NO3. The highest BCUT2D eigenvalue weighted by molar-refractivity contribution is 5.75. The van der Waals surface area contributed by atoms with Gasteiger partial charge in [-0.15, -0.1) is 0 Å². The summed E-state index contributed by atoms with van der Waals surface area (Å²) in [5.74, 6) is -0.0530. The van der Waals surface area contributed by atoms with Gasteiger partial charge in [0.05, 0.1) is 0 Å². The SMILES string of the molecule is CC(C)(C)OC(=O)C(N)CCCCc1cccc(O)c1. The lowest BCUT2D eigenvalue weighted by atomic mass is 10.0. The first kappa shape index (κ1) is 16.5. The number of phenolic OH excluding ortho intramolecular Hbond substituents is 1. The molecule has 1 aromatic rings. The number of hydrogen-bond acceptors (Lipinski definition) is 4. The number of hydrogen-bond donors (Lipinski definition) is 2. The number of rotatable bonds is 6. The summed E-state index contributed by atoms with van der Waals surface area (Å²) in [6.45, 7) is 5.50. The molecule has 4 nitrogen and oxygen atoms in total. The van der Waals surface area contributed by atoms with Crippen molar-refractivity contribution in [1.82, 2.24) is 0 Å². The Morgan fingerprint density at radius 2 is 2.05 bits per heavy atom. The zero-order valence-electron chi connectivity index (χ0n) is 12.6. The van der Waals surface area contributed by atoms with Crippen molar-refractivity contribution in [2.24, 2.45) is 5.73 Å². The third kappa shape index (κ3) is 6.57. The number of aryl methyl sites for hydroxylation is 1. The molecule has 112 valence electrons. The molecule has 0 spiro atoms. The Hall–Kier alpha value is -1.55. The molecule has 20 heavy (non-hydrogen) atoms. The summed E-state index contributed by atoms with van der Waals surface area (Å²) in [4.78, 5) is 11.7. The number of nitrogens with two attached hydrogens (primary N) is 1. The third-order valence-electron chi connectivity index (χ3n) is 2.85. The standard InChI is InChI=1S/C16H25NO3/c1-16(2,3)20-15(19)14(17)10-5-4-7-12-8-6-9-13(18)11-12/h6,8-9,11,14,18H,4-5,7,10,17H2,1-3H3. The topological polar surface area (TPSA) is 72.5 Å². The van der Waals surface area contributed by atoms with Gasteiger partial charge >= 0.3 is 5.97 Å². The predicted molar refractivity (Wildman–Crippen MR) is 79.5 cm³/mol. The van der Waals surface area contributed by atoms with Gasteiger partial charge in [-0.1, -0.05) is 18.6 Å². The van der Waals surface area contributed by atoms with Crippen LogP contribution in [0.1, 0.15) is 45.6 Å². The average Bonchev–Trinajstić information content (AvgIpc) is 2.32. The molecule has 0 amide bonds. The molecule has 1 atom stereocenters. The van der Waals surface area contributed by atoms with Crippen LogP contribution in [0.25, 0.3) is 0 Å². The fourth-order valence-electron chi connectivity index (χ4n) is 1.90. The van der Waals surface area contributed by atoms with E-state index in [0.29, 0.717) is 6.42 Å². The molecule has 0 saturated heterocycles. The number of ether oxygens (including phenoxy) is 1. The maximum atomic E-state index is 11.7. The van der Waals surface area contributed by atoms with E-state index >= 15 is 0 Å². The molecule has 0 aliphatic heterocycles. The van der Waals surface area contributed by atoms with Gasteiger partial charge in [-0.05, 0) is 57.7 Å². The zero-order chi connectivity index (χ0) is 15.2. The van der Waals surface area contributed by atoms with Gasteiger partial charge in [-0.3, -0.25) is 4.79 Å². The van der Waals surface area contributed by atoms with Gasteiger partial charge in [0.15, 0.2) is 0 Å². The first-order chi connectivity index (χ1) is 9.28. The normalized spacial score (nSPS) is 13.0. The van der Waals surface area contributed by atoms with Gasteiger partial charge in [0.25, 0.3) is 0 Å². The third-order valence-corrected chi connectivity index (χ3v) is 2.85. The molecule has 1 aromatic carbocycles. The smallest absolute Gasteiger partial charge is 0.323 e. The average molecular weight is 279 g/mol. The Bertz CT molecular complexity index is 438. The first-order valence-electron chi connectivity index (χ1n) is 7.04. The molecule has 4 heteroatoms. The molecule has 0 aliphatic carbocycles. The van der Waals surface area contributed by atoms with Crippen molar-refractivity contribution >= 4 is 5.97 Å². The second kappa shape index (κ2) is 7.29. The molecule has 0 heterocycles. The highest BCUT2D eigenvalue weighted by Gasteiger charge is 2.21. The summed E-state index contributed by atoms with van der Waals surface area (Å²) in [5.41, 5.74) is 6.42. The number of aromatic hydroxyl groups is 1. The van der Waals surface area contributed by atoms with Crippen LogP contribution in [0.4, 0.5) is 0 Å². The Labute approximate surface area is 120 Å². The lowest BCUT2D eigenvalue weighted by Gasteiger charge is -2.22. The fourth-order valence-corrected chi connectivity index (χ4v) is 1.90. The molecule has 0 saturated carbocycles. The highest BCUT2D eigenvalue weighted by atomic mass is 16.6. The summed E-state index contributed by atoms with van der Waals surface area (Å²) in [6.07, 6.45) is 3.28. The van der Waals surface area contributed by atoms with Crippen LogP contribution < -0.4 is 5.73 Å². The fraction of sp³-hybridized carbons (Fsp3) is 0.562. The van der Waals surface area contributed by atoms with E-state index in [0.717, 1.165) is 24.8 Å². The number of unbranched alkanes of at least 4 members (excludes halogenated alkanes) is 1.